The van der Waals surface area contributed by atoms with Crippen LogP contribution in [0.3, 0.4) is 0 Å². The van der Waals surface area contributed by atoms with E-state index in [1.54, 1.807) is 44.7 Å². The summed E-state index contributed by atoms with van der Waals surface area (Å²) in [6.45, 7) is 0.360. The van der Waals surface area contributed by atoms with Gasteiger partial charge in [0, 0.05) is 12.4 Å². The number of methoxy groups -OCH3 is 3. The van der Waals surface area contributed by atoms with Crippen LogP contribution < -0.4 is 30.8 Å². The molecule has 0 bridgehead atoms. The fraction of sp³-hybridized carbons (Fsp3) is 0.192. The van der Waals surface area contributed by atoms with Crippen LogP contribution in [-0.4, -0.2) is 35.4 Å². The van der Waals surface area contributed by atoms with Crippen molar-refractivity contribution in [3.05, 3.63) is 105 Å². The van der Waals surface area contributed by atoms with E-state index >= 15 is 0 Å². The van der Waals surface area contributed by atoms with E-state index in [4.69, 9.17) is 14.2 Å². The Hall–Kier alpha value is -4.53. The highest BCUT2D eigenvalue weighted by Crippen LogP contribution is 2.23. The number of aromatic nitrogens is 3. The molecule has 9 nitrogen and oxygen atoms in total. The minimum absolute atomic E-state index is 0.0964. The third-order valence-electron chi connectivity index (χ3n) is 5.49. The monoisotopic (exact) mass is 474 g/mol. The van der Waals surface area contributed by atoms with Gasteiger partial charge in [0.15, 0.2) is 11.6 Å². The van der Waals surface area contributed by atoms with E-state index < -0.39 is 11.2 Å². The fourth-order valence-electron chi connectivity index (χ4n) is 3.61. The van der Waals surface area contributed by atoms with E-state index in [1.165, 1.54) is 22.4 Å². The minimum Gasteiger partial charge on any atom is -0.497 e. The number of nitrogens with one attached hydrogen (secondary N) is 1. The smallest absolute Gasteiger partial charge is 0.331 e. The number of rotatable bonds is 9. The highest BCUT2D eigenvalue weighted by molar-refractivity contribution is 5.60. The molecule has 4 rings (SSSR count). The Morgan fingerprint density at radius 2 is 1.40 bits per heavy atom. The summed E-state index contributed by atoms with van der Waals surface area (Å²) in [5, 5.41) is 3.04. The predicted octanol–water partition coefficient (Wildman–Crippen LogP) is 3.27. The first kappa shape index (κ1) is 23.6. The SMILES string of the molecule is COc1ccc(Cn2cc(Nc3ncccc3OC)c(=O)n(Cc3ccc(OC)cc3)c2=O)cc1. The van der Waals surface area contributed by atoms with Crippen LogP contribution in [0.2, 0.25) is 0 Å². The van der Waals surface area contributed by atoms with E-state index in [0.717, 1.165) is 16.9 Å². The lowest BCUT2D eigenvalue weighted by molar-refractivity contribution is 0.414. The third-order valence-corrected chi connectivity index (χ3v) is 5.49. The van der Waals surface area contributed by atoms with Gasteiger partial charge in [-0.25, -0.2) is 9.78 Å². The van der Waals surface area contributed by atoms with Crippen molar-refractivity contribution in [2.45, 2.75) is 13.1 Å². The van der Waals surface area contributed by atoms with Crippen molar-refractivity contribution in [2.75, 3.05) is 26.6 Å². The molecule has 1 N–H and O–H groups in total. The Morgan fingerprint density at radius 3 is 1.97 bits per heavy atom. The maximum absolute atomic E-state index is 13.4. The third kappa shape index (κ3) is 5.35. The number of benzene rings is 2. The number of nitrogens with zero attached hydrogens (tertiary/aromatic N) is 3. The minimum atomic E-state index is -0.468. The highest BCUT2D eigenvalue weighted by atomic mass is 16.5. The molecule has 0 unspecified atom stereocenters. The fourth-order valence-corrected chi connectivity index (χ4v) is 3.61. The molecule has 0 aliphatic rings. The molecule has 0 amide bonds. The largest absolute Gasteiger partial charge is 0.497 e. The van der Waals surface area contributed by atoms with Crippen LogP contribution in [0, 0.1) is 0 Å². The first-order valence-electron chi connectivity index (χ1n) is 10.9. The van der Waals surface area contributed by atoms with Crippen LogP contribution in [0.25, 0.3) is 0 Å². The van der Waals surface area contributed by atoms with Gasteiger partial charge < -0.3 is 19.5 Å². The first-order chi connectivity index (χ1) is 17.0. The van der Waals surface area contributed by atoms with Gasteiger partial charge >= 0.3 is 5.69 Å². The summed E-state index contributed by atoms with van der Waals surface area (Å²) in [5.74, 6) is 2.25. The van der Waals surface area contributed by atoms with E-state index in [2.05, 4.69) is 10.3 Å². The molecule has 0 fully saturated rings. The molecule has 4 aromatic rings. The van der Waals surface area contributed by atoms with E-state index in [1.807, 2.05) is 36.4 Å². The lowest BCUT2D eigenvalue weighted by Crippen LogP contribution is -2.41. The summed E-state index contributed by atoms with van der Waals surface area (Å²) in [5.41, 5.74) is 0.964. The topological polar surface area (TPSA) is 96.6 Å². The number of hydrogen-bond acceptors (Lipinski definition) is 7. The lowest BCUT2D eigenvalue weighted by atomic mass is 10.2. The molecule has 0 saturated carbocycles. The average molecular weight is 475 g/mol. The van der Waals surface area contributed by atoms with E-state index in [-0.39, 0.29) is 18.8 Å². The van der Waals surface area contributed by atoms with Gasteiger partial charge in [-0.2, -0.15) is 0 Å². The van der Waals surface area contributed by atoms with Gasteiger partial charge in [0.25, 0.3) is 5.56 Å². The molecule has 0 aliphatic heterocycles. The zero-order valence-corrected chi connectivity index (χ0v) is 19.7. The lowest BCUT2D eigenvalue weighted by Gasteiger charge is -2.15. The van der Waals surface area contributed by atoms with Gasteiger partial charge in [-0.05, 0) is 47.5 Å². The Bertz CT molecular complexity index is 1410. The first-order valence-corrected chi connectivity index (χ1v) is 10.9. The standard InChI is InChI=1S/C26H26N4O5/c1-33-20-10-6-18(7-11-20)15-29-17-22(28-24-23(35-3)5-4-14-27-24)25(31)30(26(29)32)16-19-8-12-21(34-2)13-9-19/h4-14,17H,15-16H2,1-3H3,(H,27,28). The number of hydrogen-bond donors (Lipinski definition) is 1. The zero-order valence-electron chi connectivity index (χ0n) is 19.7. The summed E-state index contributed by atoms with van der Waals surface area (Å²) in [4.78, 5) is 31.0. The molecule has 35 heavy (non-hydrogen) atoms. The van der Waals surface area contributed by atoms with Crippen molar-refractivity contribution in [3.63, 3.8) is 0 Å². The quantitative estimate of drug-likeness (QED) is 0.398. The summed E-state index contributed by atoms with van der Waals surface area (Å²) in [7, 11) is 4.70. The van der Waals surface area contributed by atoms with Crippen LogP contribution in [0.1, 0.15) is 11.1 Å². The van der Waals surface area contributed by atoms with Crippen LogP contribution in [0.4, 0.5) is 11.5 Å². The Morgan fingerprint density at radius 1 is 0.800 bits per heavy atom. The zero-order chi connectivity index (χ0) is 24.8. The summed E-state index contributed by atoms with van der Waals surface area (Å²) in [6, 6.07) is 18.1. The maximum atomic E-state index is 13.4. The summed E-state index contributed by atoms with van der Waals surface area (Å²) in [6.07, 6.45) is 3.10. The van der Waals surface area contributed by atoms with Crippen molar-refractivity contribution in [3.8, 4) is 17.2 Å². The molecular weight excluding hydrogens is 448 g/mol. The van der Waals surface area contributed by atoms with Crippen molar-refractivity contribution >= 4 is 11.5 Å². The summed E-state index contributed by atoms with van der Waals surface area (Å²) >= 11 is 0. The summed E-state index contributed by atoms with van der Waals surface area (Å²) < 4.78 is 18.5. The van der Waals surface area contributed by atoms with Crippen molar-refractivity contribution in [1.29, 1.82) is 0 Å². The molecular formula is C26H26N4O5. The van der Waals surface area contributed by atoms with Gasteiger partial charge in [0.1, 0.15) is 17.2 Å². The van der Waals surface area contributed by atoms with Gasteiger partial charge in [0.2, 0.25) is 0 Å². The Labute approximate surface area is 202 Å². The van der Waals surface area contributed by atoms with Crippen LogP contribution >= 0.6 is 0 Å². The molecule has 2 aromatic heterocycles. The molecule has 0 aliphatic carbocycles. The Balaban J connectivity index is 1.77. The molecule has 2 heterocycles. The number of pyridine rings is 1. The molecule has 0 atom stereocenters. The number of ether oxygens (including phenoxy) is 3. The van der Waals surface area contributed by atoms with Crippen LogP contribution in [0.15, 0.2) is 82.6 Å². The van der Waals surface area contributed by atoms with E-state index in [9.17, 15) is 9.59 Å². The molecule has 0 spiro atoms. The molecule has 0 radical (unpaired) electrons. The second-order valence-corrected chi connectivity index (χ2v) is 7.72. The maximum Gasteiger partial charge on any atom is 0.331 e. The molecule has 180 valence electrons. The Kier molecular flexibility index (Phi) is 7.15. The number of anilines is 2. The van der Waals surface area contributed by atoms with Crippen LogP contribution in [0.5, 0.6) is 17.2 Å². The average Bonchev–Trinajstić information content (AvgIpc) is 2.90. The van der Waals surface area contributed by atoms with Crippen molar-refractivity contribution in [2.24, 2.45) is 0 Å². The molecule has 9 heteroatoms. The highest BCUT2D eigenvalue weighted by Gasteiger charge is 2.15. The normalized spacial score (nSPS) is 10.6. The van der Waals surface area contributed by atoms with Crippen LogP contribution in [-0.2, 0) is 13.1 Å². The molecule has 0 saturated heterocycles. The second kappa shape index (κ2) is 10.6. The van der Waals surface area contributed by atoms with Gasteiger partial charge in [-0.15, -0.1) is 0 Å². The van der Waals surface area contributed by atoms with E-state index in [0.29, 0.717) is 17.3 Å². The van der Waals surface area contributed by atoms with Gasteiger partial charge in [0.05, 0.1) is 34.4 Å². The van der Waals surface area contributed by atoms with Crippen molar-refractivity contribution < 1.29 is 14.2 Å². The second-order valence-electron chi connectivity index (χ2n) is 7.72. The predicted molar refractivity (Wildman–Crippen MR) is 133 cm³/mol. The molecule has 2 aromatic carbocycles. The van der Waals surface area contributed by atoms with Crippen molar-refractivity contribution in [1.82, 2.24) is 14.1 Å². The van der Waals surface area contributed by atoms with Gasteiger partial charge in [-0.3, -0.25) is 13.9 Å². The van der Waals surface area contributed by atoms with Gasteiger partial charge in [-0.1, -0.05) is 24.3 Å².